The lowest BCUT2D eigenvalue weighted by molar-refractivity contribution is 0.314. The summed E-state index contributed by atoms with van der Waals surface area (Å²) in [5, 5.41) is 0. The van der Waals surface area contributed by atoms with Crippen LogP contribution >= 0.6 is 0 Å². The Balaban J connectivity index is 1.59. The molecular formula is C19H20F3NO. The molecule has 0 bridgehead atoms. The van der Waals surface area contributed by atoms with Crippen LogP contribution in [0.4, 0.5) is 13.2 Å². The van der Waals surface area contributed by atoms with E-state index in [-0.39, 0.29) is 11.6 Å². The van der Waals surface area contributed by atoms with Crippen molar-refractivity contribution in [3.63, 3.8) is 0 Å². The van der Waals surface area contributed by atoms with Crippen LogP contribution in [-0.2, 0) is 13.0 Å². The van der Waals surface area contributed by atoms with Gasteiger partial charge in [-0.1, -0.05) is 6.07 Å². The van der Waals surface area contributed by atoms with Crippen molar-refractivity contribution in [3.05, 3.63) is 65.0 Å². The maximum atomic E-state index is 13.5. The normalized spacial score (nSPS) is 18.1. The van der Waals surface area contributed by atoms with Crippen LogP contribution in [0.5, 0.6) is 5.75 Å². The lowest BCUT2D eigenvalue weighted by Gasteiger charge is -2.17. The molecule has 3 rings (SSSR count). The predicted octanol–water partition coefficient (Wildman–Crippen LogP) is 4.18. The standard InChI is InChI=1S/C19H20F3NO/c1-24-19-9-13(2-3-18(19)22)11-23-5-4-14(12-23)6-15-7-16(20)10-17(21)8-15/h2-3,7-10,14H,4-6,11-12H2,1H3. The van der Waals surface area contributed by atoms with Gasteiger partial charge in [0.2, 0.25) is 0 Å². The molecule has 1 fully saturated rings. The fourth-order valence-corrected chi connectivity index (χ4v) is 3.35. The molecule has 2 aromatic rings. The van der Waals surface area contributed by atoms with Gasteiger partial charge in [-0.3, -0.25) is 4.90 Å². The molecule has 1 atom stereocenters. The third-order valence-corrected chi connectivity index (χ3v) is 4.44. The first-order valence-corrected chi connectivity index (χ1v) is 8.03. The van der Waals surface area contributed by atoms with Gasteiger partial charge in [0, 0.05) is 19.2 Å². The van der Waals surface area contributed by atoms with E-state index >= 15 is 0 Å². The van der Waals surface area contributed by atoms with Crippen LogP contribution in [0.3, 0.4) is 0 Å². The summed E-state index contributed by atoms with van der Waals surface area (Å²) in [5.41, 5.74) is 1.69. The third-order valence-electron chi connectivity index (χ3n) is 4.44. The van der Waals surface area contributed by atoms with Gasteiger partial charge in [0.05, 0.1) is 7.11 Å². The smallest absolute Gasteiger partial charge is 0.165 e. The molecule has 0 spiro atoms. The second-order valence-corrected chi connectivity index (χ2v) is 6.34. The number of nitrogens with zero attached hydrogens (tertiary/aromatic N) is 1. The van der Waals surface area contributed by atoms with E-state index in [0.29, 0.717) is 24.4 Å². The van der Waals surface area contributed by atoms with Crippen LogP contribution in [0.1, 0.15) is 17.5 Å². The van der Waals surface area contributed by atoms with Gasteiger partial charge in [0.1, 0.15) is 11.6 Å². The summed E-state index contributed by atoms with van der Waals surface area (Å²) in [6.07, 6.45) is 1.65. The van der Waals surface area contributed by atoms with E-state index in [1.165, 1.54) is 25.3 Å². The van der Waals surface area contributed by atoms with E-state index in [1.807, 2.05) is 0 Å². The lowest BCUT2D eigenvalue weighted by atomic mass is 9.98. The zero-order chi connectivity index (χ0) is 17.1. The monoisotopic (exact) mass is 335 g/mol. The van der Waals surface area contributed by atoms with Crippen LogP contribution in [-0.4, -0.2) is 25.1 Å². The van der Waals surface area contributed by atoms with Crippen LogP contribution in [0.2, 0.25) is 0 Å². The highest BCUT2D eigenvalue weighted by molar-refractivity contribution is 5.30. The summed E-state index contributed by atoms with van der Waals surface area (Å²) in [4.78, 5) is 2.27. The minimum atomic E-state index is -0.529. The van der Waals surface area contributed by atoms with Crippen LogP contribution in [0.25, 0.3) is 0 Å². The van der Waals surface area contributed by atoms with Crippen molar-refractivity contribution in [3.8, 4) is 5.75 Å². The molecule has 0 amide bonds. The van der Waals surface area contributed by atoms with Gasteiger partial charge in [-0.25, -0.2) is 13.2 Å². The number of methoxy groups -OCH3 is 1. The van der Waals surface area contributed by atoms with Crippen molar-refractivity contribution in [1.82, 2.24) is 4.90 Å². The lowest BCUT2D eigenvalue weighted by Crippen LogP contribution is -2.20. The van der Waals surface area contributed by atoms with Gasteiger partial charge in [-0.05, 0) is 60.7 Å². The Morgan fingerprint density at radius 1 is 1.04 bits per heavy atom. The fourth-order valence-electron chi connectivity index (χ4n) is 3.35. The number of ether oxygens (including phenoxy) is 1. The Morgan fingerprint density at radius 2 is 1.79 bits per heavy atom. The zero-order valence-corrected chi connectivity index (χ0v) is 13.6. The van der Waals surface area contributed by atoms with Crippen molar-refractivity contribution in [2.24, 2.45) is 5.92 Å². The maximum Gasteiger partial charge on any atom is 0.165 e. The molecule has 5 heteroatoms. The van der Waals surface area contributed by atoms with Gasteiger partial charge >= 0.3 is 0 Å². The molecule has 128 valence electrons. The number of hydrogen-bond donors (Lipinski definition) is 0. The Hall–Kier alpha value is -2.01. The van der Waals surface area contributed by atoms with E-state index in [1.54, 1.807) is 12.1 Å². The number of hydrogen-bond acceptors (Lipinski definition) is 2. The summed E-state index contributed by atoms with van der Waals surface area (Å²) >= 11 is 0. The molecule has 0 radical (unpaired) electrons. The Bertz CT molecular complexity index is 700. The summed E-state index contributed by atoms with van der Waals surface area (Å²) in [7, 11) is 1.45. The van der Waals surface area contributed by atoms with E-state index in [0.717, 1.165) is 31.1 Å². The fraction of sp³-hybridized carbons (Fsp3) is 0.368. The summed E-state index contributed by atoms with van der Waals surface area (Å²) < 4.78 is 45.0. The minimum Gasteiger partial charge on any atom is -0.494 e. The summed E-state index contributed by atoms with van der Waals surface area (Å²) in [6, 6.07) is 8.58. The maximum absolute atomic E-state index is 13.5. The van der Waals surface area contributed by atoms with Gasteiger partial charge in [-0.15, -0.1) is 0 Å². The Kier molecular flexibility index (Phi) is 5.09. The Labute approximate surface area is 139 Å². The van der Waals surface area contributed by atoms with Crippen molar-refractivity contribution in [2.75, 3.05) is 20.2 Å². The molecule has 1 unspecified atom stereocenters. The highest BCUT2D eigenvalue weighted by Gasteiger charge is 2.23. The predicted molar refractivity (Wildman–Crippen MR) is 86.4 cm³/mol. The summed E-state index contributed by atoms with van der Waals surface area (Å²) in [6.45, 7) is 2.49. The second kappa shape index (κ2) is 7.26. The average Bonchev–Trinajstić information content (AvgIpc) is 2.95. The largest absolute Gasteiger partial charge is 0.494 e. The highest BCUT2D eigenvalue weighted by Crippen LogP contribution is 2.25. The molecular weight excluding hydrogens is 315 g/mol. The number of halogens is 3. The van der Waals surface area contributed by atoms with Crippen molar-refractivity contribution in [1.29, 1.82) is 0 Å². The molecule has 0 N–H and O–H groups in total. The quantitative estimate of drug-likeness (QED) is 0.813. The molecule has 1 aliphatic heterocycles. The Morgan fingerprint density at radius 3 is 2.50 bits per heavy atom. The second-order valence-electron chi connectivity index (χ2n) is 6.34. The highest BCUT2D eigenvalue weighted by atomic mass is 19.1. The van der Waals surface area contributed by atoms with Crippen LogP contribution in [0, 0.1) is 23.4 Å². The number of likely N-dealkylation sites (tertiary alicyclic amines) is 1. The first-order chi connectivity index (χ1) is 11.5. The molecule has 0 aliphatic carbocycles. The molecule has 1 heterocycles. The minimum absolute atomic E-state index is 0.249. The van der Waals surface area contributed by atoms with E-state index in [2.05, 4.69) is 4.90 Å². The molecule has 0 saturated carbocycles. The molecule has 2 aromatic carbocycles. The molecule has 2 nitrogen and oxygen atoms in total. The van der Waals surface area contributed by atoms with Gasteiger partial charge in [0.15, 0.2) is 11.6 Å². The van der Waals surface area contributed by atoms with E-state index < -0.39 is 11.6 Å². The molecule has 1 aliphatic rings. The topological polar surface area (TPSA) is 12.5 Å². The van der Waals surface area contributed by atoms with Gasteiger partial charge in [0.25, 0.3) is 0 Å². The molecule has 0 aromatic heterocycles. The number of benzene rings is 2. The zero-order valence-electron chi connectivity index (χ0n) is 13.6. The van der Waals surface area contributed by atoms with Crippen molar-refractivity contribution >= 4 is 0 Å². The SMILES string of the molecule is COc1cc(CN2CCC(Cc3cc(F)cc(F)c3)C2)ccc1F. The summed E-state index contributed by atoms with van der Waals surface area (Å²) in [5.74, 6) is -0.808. The van der Waals surface area contributed by atoms with E-state index in [9.17, 15) is 13.2 Å². The molecule has 1 saturated heterocycles. The first kappa shape index (κ1) is 16.8. The van der Waals surface area contributed by atoms with Gasteiger partial charge in [-0.2, -0.15) is 0 Å². The van der Waals surface area contributed by atoms with Crippen LogP contribution in [0.15, 0.2) is 36.4 Å². The van der Waals surface area contributed by atoms with E-state index in [4.69, 9.17) is 4.74 Å². The average molecular weight is 335 g/mol. The van der Waals surface area contributed by atoms with Crippen molar-refractivity contribution in [2.45, 2.75) is 19.4 Å². The first-order valence-electron chi connectivity index (χ1n) is 8.03. The van der Waals surface area contributed by atoms with Crippen molar-refractivity contribution < 1.29 is 17.9 Å². The van der Waals surface area contributed by atoms with Crippen LogP contribution < -0.4 is 4.74 Å². The molecule has 24 heavy (non-hydrogen) atoms. The number of rotatable bonds is 5. The third kappa shape index (κ3) is 4.09. The van der Waals surface area contributed by atoms with Gasteiger partial charge < -0.3 is 4.74 Å².